The van der Waals surface area contributed by atoms with Crippen LogP contribution in [0.1, 0.15) is 24.0 Å². The van der Waals surface area contributed by atoms with Gasteiger partial charge in [0.05, 0.1) is 7.11 Å². The number of hydrogen-bond donors (Lipinski definition) is 0. The molecular formula is C20H21NO2. The highest BCUT2D eigenvalue weighted by molar-refractivity contribution is 6.24. The zero-order chi connectivity index (χ0) is 16.1. The number of rotatable bonds is 4. The summed E-state index contributed by atoms with van der Waals surface area (Å²) in [4.78, 5) is 14.9. The van der Waals surface area contributed by atoms with Crippen LogP contribution in [0.5, 0.6) is 5.75 Å². The maximum absolute atomic E-state index is 12.9. The summed E-state index contributed by atoms with van der Waals surface area (Å²) in [6, 6.07) is 17.6. The third-order valence-corrected chi connectivity index (χ3v) is 4.14. The smallest absolute Gasteiger partial charge is 0.254 e. The van der Waals surface area contributed by atoms with Gasteiger partial charge in [0.1, 0.15) is 5.75 Å². The molecule has 1 heterocycles. The standard InChI is InChI=1S/C20H21NO2/c1-23-18-11-9-16(10-12-18)15-19(17-7-3-2-4-8-17)20(22)21-13-5-6-14-21/h2-4,7-12,15H,5-6,13-14H2,1H3/b19-15+. The molecule has 0 N–H and O–H groups in total. The minimum atomic E-state index is 0.115. The number of nitrogens with zero attached hydrogens (tertiary/aromatic N) is 1. The first-order chi connectivity index (χ1) is 11.3. The summed E-state index contributed by atoms with van der Waals surface area (Å²) in [5.74, 6) is 0.929. The highest BCUT2D eigenvalue weighted by Gasteiger charge is 2.22. The summed E-state index contributed by atoms with van der Waals surface area (Å²) in [5, 5.41) is 0. The second-order valence-electron chi connectivity index (χ2n) is 5.70. The fraction of sp³-hybridized carbons (Fsp3) is 0.250. The van der Waals surface area contributed by atoms with Crippen LogP contribution in [0.4, 0.5) is 0 Å². The third kappa shape index (κ3) is 3.62. The van der Waals surface area contributed by atoms with Gasteiger partial charge in [-0.15, -0.1) is 0 Å². The van der Waals surface area contributed by atoms with Gasteiger partial charge in [0, 0.05) is 18.7 Å². The number of hydrogen-bond acceptors (Lipinski definition) is 2. The van der Waals surface area contributed by atoms with Gasteiger partial charge >= 0.3 is 0 Å². The average molecular weight is 307 g/mol. The van der Waals surface area contributed by atoms with Crippen LogP contribution in [0, 0.1) is 0 Å². The molecule has 2 aromatic carbocycles. The minimum absolute atomic E-state index is 0.115. The molecule has 1 aliphatic rings. The van der Waals surface area contributed by atoms with Gasteiger partial charge in [0.15, 0.2) is 0 Å². The summed E-state index contributed by atoms with van der Waals surface area (Å²) in [7, 11) is 1.65. The molecule has 0 aromatic heterocycles. The highest BCUT2D eigenvalue weighted by Crippen LogP contribution is 2.24. The quantitative estimate of drug-likeness (QED) is 0.634. The van der Waals surface area contributed by atoms with Crippen molar-refractivity contribution in [3.8, 4) is 5.75 Å². The molecule has 118 valence electrons. The van der Waals surface area contributed by atoms with Gasteiger partial charge in [-0.05, 0) is 42.2 Å². The topological polar surface area (TPSA) is 29.5 Å². The monoisotopic (exact) mass is 307 g/mol. The van der Waals surface area contributed by atoms with Gasteiger partial charge in [-0.2, -0.15) is 0 Å². The van der Waals surface area contributed by atoms with Crippen LogP contribution in [-0.2, 0) is 4.79 Å². The van der Waals surface area contributed by atoms with Crippen molar-refractivity contribution in [2.24, 2.45) is 0 Å². The van der Waals surface area contributed by atoms with E-state index in [4.69, 9.17) is 4.74 Å². The molecule has 1 saturated heterocycles. The Kier molecular flexibility index (Phi) is 4.77. The van der Waals surface area contributed by atoms with Crippen LogP contribution < -0.4 is 4.74 Å². The molecule has 2 aromatic rings. The third-order valence-electron chi connectivity index (χ3n) is 4.14. The van der Waals surface area contributed by atoms with E-state index >= 15 is 0 Å². The molecule has 0 radical (unpaired) electrons. The molecular weight excluding hydrogens is 286 g/mol. The van der Waals surface area contributed by atoms with Crippen molar-refractivity contribution in [3.63, 3.8) is 0 Å². The van der Waals surface area contributed by atoms with Gasteiger partial charge in [-0.1, -0.05) is 42.5 Å². The lowest BCUT2D eigenvalue weighted by Gasteiger charge is -2.18. The zero-order valence-corrected chi connectivity index (χ0v) is 13.4. The average Bonchev–Trinajstić information content (AvgIpc) is 3.15. The molecule has 1 amide bonds. The SMILES string of the molecule is COc1ccc(/C=C(/C(=O)N2CCCC2)c2ccccc2)cc1. The first-order valence-corrected chi connectivity index (χ1v) is 7.98. The van der Waals surface area contributed by atoms with Crippen molar-refractivity contribution in [1.82, 2.24) is 4.90 Å². The molecule has 0 saturated carbocycles. The van der Waals surface area contributed by atoms with Crippen molar-refractivity contribution in [2.45, 2.75) is 12.8 Å². The van der Waals surface area contributed by atoms with Crippen molar-refractivity contribution in [3.05, 3.63) is 65.7 Å². The van der Waals surface area contributed by atoms with Gasteiger partial charge in [0.25, 0.3) is 5.91 Å². The number of amides is 1. The van der Waals surface area contributed by atoms with E-state index in [1.165, 1.54) is 0 Å². The van der Waals surface area contributed by atoms with Gasteiger partial charge < -0.3 is 9.64 Å². The largest absolute Gasteiger partial charge is 0.497 e. The van der Waals surface area contributed by atoms with Gasteiger partial charge in [-0.25, -0.2) is 0 Å². The highest BCUT2D eigenvalue weighted by atomic mass is 16.5. The van der Waals surface area contributed by atoms with Gasteiger partial charge in [0.2, 0.25) is 0 Å². The fourth-order valence-corrected chi connectivity index (χ4v) is 2.84. The Hall–Kier alpha value is -2.55. The van der Waals surface area contributed by atoms with E-state index in [0.29, 0.717) is 0 Å². The number of benzene rings is 2. The molecule has 0 aliphatic carbocycles. The summed E-state index contributed by atoms with van der Waals surface area (Å²) < 4.78 is 5.19. The molecule has 0 spiro atoms. The lowest BCUT2D eigenvalue weighted by Crippen LogP contribution is -2.28. The first kappa shape index (κ1) is 15.3. The van der Waals surface area contributed by atoms with E-state index in [1.54, 1.807) is 7.11 Å². The minimum Gasteiger partial charge on any atom is -0.497 e. The predicted molar refractivity (Wildman–Crippen MR) is 93.1 cm³/mol. The zero-order valence-electron chi connectivity index (χ0n) is 13.4. The Labute approximate surface area is 137 Å². The van der Waals surface area contributed by atoms with Crippen LogP contribution in [0.25, 0.3) is 11.6 Å². The molecule has 0 atom stereocenters. The van der Waals surface area contributed by atoms with Gasteiger partial charge in [-0.3, -0.25) is 4.79 Å². The van der Waals surface area contributed by atoms with E-state index in [0.717, 1.165) is 48.4 Å². The Morgan fingerprint density at radius 1 is 1.00 bits per heavy atom. The predicted octanol–water partition coefficient (Wildman–Crippen LogP) is 3.86. The summed E-state index contributed by atoms with van der Waals surface area (Å²) in [6.07, 6.45) is 4.15. The first-order valence-electron chi connectivity index (χ1n) is 7.98. The molecule has 23 heavy (non-hydrogen) atoms. The lowest BCUT2D eigenvalue weighted by atomic mass is 10.0. The van der Waals surface area contributed by atoms with Crippen LogP contribution in [0.15, 0.2) is 54.6 Å². The number of carbonyl (C=O) groups is 1. The molecule has 0 unspecified atom stereocenters. The second kappa shape index (κ2) is 7.14. The summed E-state index contributed by atoms with van der Waals surface area (Å²) in [6.45, 7) is 1.71. The van der Waals surface area contributed by atoms with Crippen LogP contribution in [-0.4, -0.2) is 31.0 Å². The van der Waals surface area contributed by atoms with Crippen LogP contribution in [0.2, 0.25) is 0 Å². The molecule has 1 aliphatic heterocycles. The number of methoxy groups -OCH3 is 1. The normalized spacial score (nSPS) is 14.8. The Bertz CT molecular complexity index is 683. The molecule has 1 fully saturated rings. The van der Waals surface area contributed by atoms with Crippen molar-refractivity contribution < 1.29 is 9.53 Å². The van der Waals surface area contributed by atoms with Crippen LogP contribution in [0.3, 0.4) is 0 Å². The van der Waals surface area contributed by atoms with E-state index in [1.807, 2.05) is 65.6 Å². The maximum Gasteiger partial charge on any atom is 0.254 e. The van der Waals surface area contributed by atoms with E-state index in [9.17, 15) is 4.79 Å². The number of ether oxygens (including phenoxy) is 1. The van der Waals surface area contributed by atoms with E-state index in [-0.39, 0.29) is 5.91 Å². The fourth-order valence-electron chi connectivity index (χ4n) is 2.84. The van der Waals surface area contributed by atoms with Crippen molar-refractivity contribution in [1.29, 1.82) is 0 Å². The molecule has 3 nitrogen and oxygen atoms in total. The Morgan fingerprint density at radius 2 is 1.65 bits per heavy atom. The van der Waals surface area contributed by atoms with Crippen molar-refractivity contribution >= 4 is 17.6 Å². The summed E-state index contributed by atoms with van der Waals surface area (Å²) >= 11 is 0. The maximum atomic E-state index is 12.9. The number of likely N-dealkylation sites (tertiary alicyclic amines) is 1. The second-order valence-corrected chi connectivity index (χ2v) is 5.70. The lowest BCUT2D eigenvalue weighted by molar-refractivity contribution is -0.123. The molecule has 3 heteroatoms. The van der Waals surface area contributed by atoms with E-state index in [2.05, 4.69) is 0 Å². The molecule has 0 bridgehead atoms. The molecule has 3 rings (SSSR count). The number of carbonyl (C=O) groups excluding carboxylic acids is 1. The Balaban J connectivity index is 1.96. The summed E-state index contributed by atoms with van der Waals surface area (Å²) in [5.41, 5.74) is 2.70. The van der Waals surface area contributed by atoms with E-state index < -0.39 is 0 Å². The Morgan fingerprint density at radius 3 is 2.26 bits per heavy atom. The van der Waals surface area contributed by atoms with Crippen LogP contribution >= 0.6 is 0 Å². The van der Waals surface area contributed by atoms with Crippen molar-refractivity contribution in [2.75, 3.05) is 20.2 Å².